The molecule has 1 atom stereocenters. The number of carbonyl (C=O) groups excluding carboxylic acids is 1. The van der Waals surface area contributed by atoms with Gasteiger partial charge in [-0.15, -0.1) is 0 Å². The zero-order valence-corrected chi connectivity index (χ0v) is 16.3. The summed E-state index contributed by atoms with van der Waals surface area (Å²) in [6.45, 7) is 4.69. The number of aromatic nitrogens is 2. The summed E-state index contributed by atoms with van der Waals surface area (Å²) in [5.41, 5.74) is 1.39. The van der Waals surface area contributed by atoms with E-state index in [1.165, 1.54) is 10.6 Å². The van der Waals surface area contributed by atoms with Gasteiger partial charge in [0.15, 0.2) is 0 Å². The monoisotopic (exact) mass is 396 g/mol. The van der Waals surface area contributed by atoms with Crippen LogP contribution in [0, 0.1) is 0 Å². The molecule has 144 valence electrons. The van der Waals surface area contributed by atoms with Crippen LogP contribution in [0.4, 0.5) is 0 Å². The molecule has 7 heteroatoms. The molecule has 0 saturated carbocycles. The highest BCUT2D eigenvalue weighted by atomic mass is 35.5. The standard InChI is InChI=1S/C21H21ClN4O2/c1-15(16-6-2-3-7-18(16)22)24-10-12-25(13-11-24)20(27)17-14-23-19-8-4-5-9-26(19)21(17)28/h2-9,14-15H,10-13H2,1H3. The van der Waals surface area contributed by atoms with Crippen LogP contribution in [0.5, 0.6) is 0 Å². The first kappa shape index (κ1) is 18.7. The van der Waals surface area contributed by atoms with Crippen molar-refractivity contribution in [2.45, 2.75) is 13.0 Å². The maximum absolute atomic E-state index is 12.9. The fraction of sp³-hybridized carbons (Fsp3) is 0.286. The normalized spacial score (nSPS) is 16.3. The summed E-state index contributed by atoms with van der Waals surface area (Å²) < 4.78 is 1.41. The fourth-order valence-corrected chi connectivity index (χ4v) is 3.96. The van der Waals surface area contributed by atoms with Crippen molar-refractivity contribution in [1.29, 1.82) is 0 Å². The Morgan fingerprint density at radius 3 is 2.54 bits per heavy atom. The molecule has 3 aromatic rings. The highest BCUT2D eigenvalue weighted by Gasteiger charge is 2.27. The third-order valence-electron chi connectivity index (χ3n) is 5.35. The van der Waals surface area contributed by atoms with Crippen LogP contribution >= 0.6 is 11.6 Å². The zero-order valence-electron chi connectivity index (χ0n) is 15.6. The van der Waals surface area contributed by atoms with E-state index >= 15 is 0 Å². The SMILES string of the molecule is CC(c1ccccc1Cl)N1CCN(C(=O)c2cnc3ccccn3c2=O)CC1. The largest absolute Gasteiger partial charge is 0.336 e. The predicted octanol–water partition coefficient (Wildman–Crippen LogP) is 2.87. The van der Waals surface area contributed by atoms with Gasteiger partial charge in [-0.25, -0.2) is 4.98 Å². The molecule has 0 radical (unpaired) electrons. The lowest BCUT2D eigenvalue weighted by molar-refractivity contribution is 0.0580. The molecule has 28 heavy (non-hydrogen) atoms. The molecule has 0 aliphatic carbocycles. The second kappa shape index (κ2) is 7.73. The quantitative estimate of drug-likeness (QED) is 0.683. The number of benzene rings is 1. The van der Waals surface area contributed by atoms with E-state index in [0.29, 0.717) is 18.7 Å². The first-order chi connectivity index (χ1) is 13.6. The summed E-state index contributed by atoms with van der Waals surface area (Å²) in [6, 6.07) is 13.3. The maximum Gasteiger partial charge on any atom is 0.270 e. The molecule has 0 bridgehead atoms. The van der Waals surface area contributed by atoms with E-state index in [9.17, 15) is 9.59 Å². The summed E-state index contributed by atoms with van der Waals surface area (Å²) in [5.74, 6) is -0.263. The number of pyridine rings is 1. The topological polar surface area (TPSA) is 57.9 Å². The molecule has 2 aromatic heterocycles. The molecule has 0 spiro atoms. The second-order valence-electron chi connectivity index (χ2n) is 6.93. The van der Waals surface area contributed by atoms with Gasteiger partial charge in [-0.3, -0.25) is 18.9 Å². The van der Waals surface area contributed by atoms with Crippen molar-refractivity contribution < 1.29 is 4.79 Å². The molecule has 6 nitrogen and oxygen atoms in total. The Labute approximate surface area is 168 Å². The zero-order chi connectivity index (χ0) is 19.7. The Balaban J connectivity index is 1.48. The average molecular weight is 397 g/mol. The minimum Gasteiger partial charge on any atom is -0.336 e. The van der Waals surface area contributed by atoms with Gasteiger partial charge in [0.25, 0.3) is 11.5 Å². The summed E-state index contributed by atoms with van der Waals surface area (Å²) in [6.07, 6.45) is 3.02. The van der Waals surface area contributed by atoms with Crippen LogP contribution in [-0.2, 0) is 0 Å². The predicted molar refractivity (Wildman–Crippen MR) is 109 cm³/mol. The summed E-state index contributed by atoms with van der Waals surface area (Å²) in [5, 5.41) is 0.753. The number of piperazine rings is 1. The van der Waals surface area contributed by atoms with Crippen molar-refractivity contribution in [2.75, 3.05) is 26.2 Å². The average Bonchev–Trinajstić information content (AvgIpc) is 2.74. The van der Waals surface area contributed by atoms with E-state index in [1.807, 2.05) is 30.3 Å². The Morgan fingerprint density at radius 1 is 1.07 bits per heavy atom. The van der Waals surface area contributed by atoms with Gasteiger partial charge in [0.05, 0.1) is 0 Å². The second-order valence-corrected chi connectivity index (χ2v) is 7.34. The molecular formula is C21H21ClN4O2. The molecular weight excluding hydrogens is 376 g/mol. The molecule has 1 unspecified atom stereocenters. The maximum atomic E-state index is 12.9. The van der Waals surface area contributed by atoms with E-state index in [4.69, 9.17) is 11.6 Å². The Morgan fingerprint density at radius 2 is 1.79 bits per heavy atom. The van der Waals surface area contributed by atoms with Crippen LogP contribution in [0.1, 0.15) is 28.9 Å². The molecule has 3 heterocycles. The van der Waals surface area contributed by atoms with Crippen LogP contribution in [0.25, 0.3) is 5.65 Å². The molecule has 1 aromatic carbocycles. The first-order valence-electron chi connectivity index (χ1n) is 9.30. The first-order valence-corrected chi connectivity index (χ1v) is 9.68. The Bertz CT molecular complexity index is 1070. The van der Waals surface area contributed by atoms with E-state index in [-0.39, 0.29) is 23.1 Å². The van der Waals surface area contributed by atoms with E-state index in [1.54, 1.807) is 23.2 Å². The van der Waals surface area contributed by atoms with Gasteiger partial charge in [-0.05, 0) is 30.7 Å². The number of carbonyl (C=O) groups is 1. The lowest BCUT2D eigenvalue weighted by atomic mass is 10.1. The third kappa shape index (κ3) is 3.41. The van der Waals surface area contributed by atoms with Crippen LogP contribution < -0.4 is 5.56 Å². The van der Waals surface area contributed by atoms with Crippen molar-refractivity contribution in [1.82, 2.24) is 19.2 Å². The van der Waals surface area contributed by atoms with Crippen LogP contribution in [-0.4, -0.2) is 51.3 Å². The van der Waals surface area contributed by atoms with Gasteiger partial charge in [0, 0.05) is 49.6 Å². The lowest BCUT2D eigenvalue weighted by Crippen LogP contribution is -2.50. The van der Waals surface area contributed by atoms with E-state index < -0.39 is 0 Å². The minimum atomic E-state index is -0.331. The smallest absolute Gasteiger partial charge is 0.270 e. The number of rotatable bonds is 3. The molecule has 1 aliphatic rings. The van der Waals surface area contributed by atoms with Gasteiger partial charge in [0.2, 0.25) is 0 Å². The minimum absolute atomic E-state index is 0.108. The number of halogens is 1. The number of hydrogen-bond acceptors (Lipinski definition) is 4. The van der Waals surface area contributed by atoms with Crippen molar-refractivity contribution in [3.8, 4) is 0 Å². The fourth-order valence-electron chi connectivity index (χ4n) is 3.67. The van der Waals surface area contributed by atoms with Crippen LogP contribution in [0.2, 0.25) is 5.02 Å². The van der Waals surface area contributed by atoms with Crippen molar-refractivity contribution in [3.05, 3.63) is 81.4 Å². The number of nitrogens with zero attached hydrogens (tertiary/aromatic N) is 4. The third-order valence-corrected chi connectivity index (χ3v) is 5.69. The van der Waals surface area contributed by atoms with Gasteiger partial charge in [0.1, 0.15) is 11.2 Å². The van der Waals surface area contributed by atoms with Crippen molar-refractivity contribution in [3.63, 3.8) is 0 Å². The molecule has 1 amide bonds. The molecule has 0 N–H and O–H groups in total. The number of amides is 1. The Hall–Kier alpha value is -2.70. The summed E-state index contributed by atoms with van der Waals surface area (Å²) in [7, 11) is 0. The van der Waals surface area contributed by atoms with Crippen LogP contribution in [0.3, 0.4) is 0 Å². The van der Waals surface area contributed by atoms with E-state index in [0.717, 1.165) is 23.7 Å². The molecule has 1 saturated heterocycles. The van der Waals surface area contributed by atoms with Crippen LogP contribution in [0.15, 0.2) is 59.7 Å². The Kier molecular flexibility index (Phi) is 5.15. The summed E-state index contributed by atoms with van der Waals surface area (Å²) >= 11 is 6.33. The van der Waals surface area contributed by atoms with Gasteiger partial charge in [-0.2, -0.15) is 0 Å². The molecule has 4 rings (SSSR count). The highest BCUT2D eigenvalue weighted by molar-refractivity contribution is 6.31. The van der Waals surface area contributed by atoms with Crippen molar-refractivity contribution >= 4 is 23.2 Å². The van der Waals surface area contributed by atoms with Gasteiger partial charge in [-0.1, -0.05) is 35.9 Å². The summed E-state index contributed by atoms with van der Waals surface area (Å²) in [4.78, 5) is 33.8. The molecule has 1 fully saturated rings. The van der Waals surface area contributed by atoms with E-state index in [2.05, 4.69) is 16.8 Å². The lowest BCUT2D eigenvalue weighted by Gasteiger charge is -2.38. The molecule has 1 aliphatic heterocycles. The number of fused-ring (bicyclic) bond motifs is 1. The van der Waals surface area contributed by atoms with Gasteiger partial charge >= 0.3 is 0 Å². The van der Waals surface area contributed by atoms with Gasteiger partial charge < -0.3 is 4.90 Å². The highest BCUT2D eigenvalue weighted by Crippen LogP contribution is 2.27. The number of hydrogen-bond donors (Lipinski definition) is 0. The van der Waals surface area contributed by atoms with Crippen molar-refractivity contribution in [2.24, 2.45) is 0 Å².